The molecular weight excluding hydrogens is 365 g/mol. The van der Waals surface area contributed by atoms with Crippen molar-refractivity contribution in [2.24, 2.45) is 0 Å². The number of halogens is 3. The molecule has 0 aliphatic carbocycles. The summed E-state index contributed by atoms with van der Waals surface area (Å²) in [6, 6.07) is -0.779. The minimum atomic E-state index is -4.61. The average Bonchev–Trinajstić information content (AvgIpc) is 2.90. The summed E-state index contributed by atoms with van der Waals surface area (Å²) in [5.41, 5.74) is -1.13. The Morgan fingerprint density at radius 2 is 1.81 bits per heavy atom. The minimum absolute atomic E-state index is 0.0503. The Kier molecular flexibility index (Phi) is 6.51. The maximum atomic E-state index is 12.7. The molecule has 10 heteroatoms. The molecule has 0 radical (unpaired) electrons. The van der Waals surface area contributed by atoms with Gasteiger partial charge >= 0.3 is 6.18 Å². The van der Waals surface area contributed by atoms with Gasteiger partial charge in [-0.3, -0.25) is 4.98 Å². The predicted octanol–water partition coefficient (Wildman–Crippen LogP) is 1.27. The second kappa shape index (κ2) is 8.68. The average molecular weight is 390 g/mol. The smallest absolute Gasteiger partial charge is 0.388 e. The zero-order valence-corrected chi connectivity index (χ0v) is 14.9. The molecule has 0 unspecified atom stereocenters. The van der Waals surface area contributed by atoms with Crippen LogP contribution in [0.25, 0.3) is 0 Å². The van der Waals surface area contributed by atoms with Gasteiger partial charge in [-0.1, -0.05) is 12.8 Å². The van der Waals surface area contributed by atoms with Gasteiger partial charge < -0.3 is 25.2 Å². The maximum absolute atomic E-state index is 12.7. The second-order valence-electron chi connectivity index (χ2n) is 7.11. The van der Waals surface area contributed by atoms with Crippen LogP contribution in [0.2, 0.25) is 0 Å². The van der Waals surface area contributed by atoms with Crippen LogP contribution >= 0.6 is 0 Å². The van der Waals surface area contributed by atoms with E-state index in [-0.39, 0.29) is 12.4 Å². The van der Waals surface area contributed by atoms with Crippen molar-refractivity contribution >= 4 is 5.82 Å². The van der Waals surface area contributed by atoms with Crippen LogP contribution in [0.4, 0.5) is 19.0 Å². The molecule has 152 valence electrons. The molecule has 3 rings (SSSR count). The topological polar surface area (TPSA) is 90.7 Å². The van der Waals surface area contributed by atoms with Gasteiger partial charge in [0, 0.05) is 6.54 Å². The lowest BCUT2D eigenvalue weighted by molar-refractivity contribution is -0.146. The number of aliphatic hydroxyl groups excluding tert-OH is 2. The molecule has 0 amide bonds. The lowest BCUT2D eigenvalue weighted by Gasteiger charge is -2.40. The molecule has 0 spiro atoms. The number of likely N-dealkylation sites (tertiary alicyclic amines) is 1. The SMILES string of the molecule is O[C@@H]1[C@H](O)[C@@H](Nc2cncc(C(F)(F)F)n2)CO[C@@H]1CN1CCCCCC1. The molecular formula is C17H25F3N4O3. The Hall–Kier alpha value is -1.49. The Morgan fingerprint density at radius 3 is 2.48 bits per heavy atom. The van der Waals surface area contributed by atoms with Crippen LogP contribution in [0.3, 0.4) is 0 Å². The summed E-state index contributed by atoms with van der Waals surface area (Å²) in [6.07, 6.45) is -1.12. The van der Waals surface area contributed by atoms with E-state index in [0.717, 1.165) is 32.1 Å². The number of hydrogen-bond acceptors (Lipinski definition) is 7. The van der Waals surface area contributed by atoms with E-state index in [1.165, 1.54) is 12.8 Å². The van der Waals surface area contributed by atoms with Crippen LogP contribution in [-0.2, 0) is 10.9 Å². The molecule has 2 aliphatic heterocycles. The molecule has 1 aromatic heterocycles. The molecule has 2 saturated heterocycles. The molecule has 3 heterocycles. The van der Waals surface area contributed by atoms with Crippen molar-refractivity contribution in [3.8, 4) is 0 Å². The third-order valence-corrected chi connectivity index (χ3v) is 5.03. The Morgan fingerprint density at radius 1 is 1.11 bits per heavy atom. The summed E-state index contributed by atoms with van der Waals surface area (Å²) in [5, 5.41) is 23.5. The third kappa shape index (κ3) is 5.28. The summed E-state index contributed by atoms with van der Waals surface area (Å²) in [5.74, 6) is -0.129. The first-order valence-electron chi connectivity index (χ1n) is 9.20. The van der Waals surface area contributed by atoms with E-state index in [4.69, 9.17) is 4.74 Å². The summed E-state index contributed by atoms with van der Waals surface area (Å²) in [6.45, 7) is 2.44. The summed E-state index contributed by atoms with van der Waals surface area (Å²) < 4.78 is 43.9. The molecule has 0 aromatic carbocycles. The molecule has 7 nitrogen and oxygen atoms in total. The van der Waals surface area contributed by atoms with Crippen molar-refractivity contribution in [2.45, 2.75) is 56.2 Å². The van der Waals surface area contributed by atoms with Crippen LogP contribution in [0.1, 0.15) is 31.4 Å². The van der Waals surface area contributed by atoms with E-state index in [0.29, 0.717) is 12.7 Å². The molecule has 1 aromatic rings. The number of rotatable bonds is 4. The molecule has 2 aliphatic rings. The summed E-state index contributed by atoms with van der Waals surface area (Å²) in [4.78, 5) is 9.21. The molecule has 27 heavy (non-hydrogen) atoms. The standard InChI is InChI=1S/C17H25F3N4O3/c18-17(19,20)13-7-21-8-14(23-13)22-11-10-27-12(16(26)15(11)25)9-24-5-3-1-2-4-6-24/h7-8,11-12,15-16,25-26H,1-6,9-10H2,(H,22,23)/t11-,12+,15+,16-/m0/s1. The Labute approximate surface area is 155 Å². The quantitative estimate of drug-likeness (QED) is 0.713. The van der Waals surface area contributed by atoms with Gasteiger partial charge in [-0.2, -0.15) is 13.2 Å². The van der Waals surface area contributed by atoms with Crippen LogP contribution in [0.5, 0.6) is 0 Å². The highest BCUT2D eigenvalue weighted by Crippen LogP contribution is 2.28. The van der Waals surface area contributed by atoms with E-state index in [9.17, 15) is 23.4 Å². The normalized spacial score (nSPS) is 30.7. The van der Waals surface area contributed by atoms with Crippen molar-refractivity contribution in [1.29, 1.82) is 0 Å². The zero-order valence-electron chi connectivity index (χ0n) is 14.9. The summed E-state index contributed by atoms with van der Waals surface area (Å²) >= 11 is 0. The van der Waals surface area contributed by atoms with E-state index in [1.807, 2.05) is 0 Å². The van der Waals surface area contributed by atoms with Gasteiger partial charge in [0.15, 0.2) is 5.69 Å². The minimum Gasteiger partial charge on any atom is -0.388 e. The fourth-order valence-corrected chi connectivity index (χ4v) is 3.51. The number of nitrogens with one attached hydrogen (secondary N) is 1. The van der Waals surface area contributed by atoms with Gasteiger partial charge in [-0.15, -0.1) is 0 Å². The van der Waals surface area contributed by atoms with Crippen LogP contribution in [0.15, 0.2) is 12.4 Å². The highest BCUT2D eigenvalue weighted by atomic mass is 19.4. The first kappa shape index (κ1) is 20.2. The number of nitrogens with zero attached hydrogens (tertiary/aromatic N) is 3. The van der Waals surface area contributed by atoms with E-state index >= 15 is 0 Å². The van der Waals surface area contributed by atoms with Gasteiger partial charge in [0.05, 0.1) is 31.1 Å². The highest BCUT2D eigenvalue weighted by Gasteiger charge is 2.40. The molecule has 3 N–H and O–H groups in total. The first-order chi connectivity index (χ1) is 12.8. The number of ether oxygens (including phenoxy) is 1. The summed E-state index contributed by atoms with van der Waals surface area (Å²) in [7, 11) is 0. The second-order valence-corrected chi connectivity index (χ2v) is 7.11. The van der Waals surface area contributed by atoms with Gasteiger partial charge in [0.1, 0.15) is 18.0 Å². The number of anilines is 1. The zero-order chi connectivity index (χ0) is 19.4. The molecule has 2 fully saturated rings. The van der Waals surface area contributed by atoms with E-state index in [2.05, 4.69) is 20.2 Å². The predicted molar refractivity (Wildman–Crippen MR) is 91.1 cm³/mol. The monoisotopic (exact) mass is 390 g/mol. The molecule has 0 saturated carbocycles. The van der Waals surface area contributed by atoms with Gasteiger partial charge in [0.2, 0.25) is 0 Å². The highest BCUT2D eigenvalue weighted by molar-refractivity contribution is 5.34. The maximum Gasteiger partial charge on any atom is 0.434 e. The van der Waals surface area contributed by atoms with Crippen molar-refractivity contribution in [2.75, 3.05) is 31.6 Å². The lowest BCUT2D eigenvalue weighted by atomic mass is 9.97. The Bertz CT molecular complexity index is 611. The van der Waals surface area contributed by atoms with Crippen molar-refractivity contribution in [3.05, 3.63) is 18.1 Å². The number of aromatic nitrogens is 2. The van der Waals surface area contributed by atoms with Crippen molar-refractivity contribution < 1.29 is 28.1 Å². The third-order valence-electron chi connectivity index (χ3n) is 5.03. The van der Waals surface area contributed by atoms with E-state index in [1.54, 1.807) is 0 Å². The Balaban J connectivity index is 1.58. The van der Waals surface area contributed by atoms with Crippen LogP contribution in [-0.4, -0.2) is 75.7 Å². The van der Waals surface area contributed by atoms with Crippen LogP contribution in [0, 0.1) is 0 Å². The van der Waals surface area contributed by atoms with Crippen molar-refractivity contribution in [1.82, 2.24) is 14.9 Å². The van der Waals surface area contributed by atoms with Crippen LogP contribution < -0.4 is 5.32 Å². The number of hydrogen-bond donors (Lipinski definition) is 3. The number of alkyl halides is 3. The molecule has 4 atom stereocenters. The fourth-order valence-electron chi connectivity index (χ4n) is 3.51. The van der Waals surface area contributed by atoms with Gasteiger partial charge in [-0.05, 0) is 25.9 Å². The lowest BCUT2D eigenvalue weighted by Crippen LogP contribution is -2.58. The van der Waals surface area contributed by atoms with Crippen molar-refractivity contribution in [3.63, 3.8) is 0 Å². The fraction of sp³-hybridized carbons (Fsp3) is 0.765. The van der Waals surface area contributed by atoms with Gasteiger partial charge in [0.25, 0.3) is 0 Å². The molecule has 0 bridgehead atoms. The van der Waals surface area contributed by atoms with E-state index < -0.39 is 36.2 Å². The first-order valence-corrected chi connectivity index (χ1v) is 9.20. The van der Waals surface area contributed by atoms with Gasteiger partial charge in [-0.25, -0.2) is 4.98 Å². The number of aliphatic hydroxyl groups is 2. The largest absolute Gasteiger partial charge is 0.434 e.